The molecule has 0 saturated heterocycles. The molecule has 2 aromatic rings. The Balaban J connectivity index is 2.18. The molecule has 0 spiro atoms. The fourth-order valence-electron chi connectivity index (χ4n) is 1.93. The van der Waals surface area contributed by atoms with Crippen LogP contribution in [0.25, 0.3) is 0 Å². The molecule has 0 radical (unpaired) electrons. The van der Waals surface area contributed by atoms with E-state index in [-0.39, 0.29) is 12.2 Å². The van der Waals surface area contributed by atoms with Crippen LogP contribution < -0.4 is 11.1 Å². The lowest BCUT2D eigenvalue weighted by atomic mass is 10.2. The van der Waals surface area contributed by atoms with E-state index in [0.717, 1.165) is 5.56 Å². The Bertz CT molecular complexity index is 596. The van der Waals surface area contributed by atoms with Crippen molar-refractivity contribution >= 4 is 11.6 Å². The van der Waals surface area contributed by atoms with Crippen molar-refractivity contribution in [2.45, 2.75) is 19.5 Å². The van der Waals surface area contributed by atoms with E-state index in [4.69, 9.17) is 5.73 Å². The summed E-state index contributed by atoms with van der Waals surface area (Å²) in [4.78, 5) is 12.1. The van der Waals surface area contributed by atoms with Crippen LogP contribution in [-0.2, 0) is 13.1 Å². The van der Waals surface area contributed by atoms with Crippen LogP contribution in [0.5, 0.6) is 0 Å². The molecule has 1 amide bonds. The standard InChI is InChI=1S/C14H15F2N3O/c15-13(16)9-19-7-3-6-12(19)14(20)18-11-5-2-1-4-10(11)8-17/h1-7,13H,8-9,17H2,(H,18,20). The summed E-state index contributed by atoms with van der Waals surface area (Å²) in [6, 6.07) is 10.2. The van der Waals surface area contributed by atoms with Crippen LogP contribution in [0.2, 0.25) is 0 Å². The van der Waals surface area contributed by atoms with Crippen molar-refractivity contribution in [1.82, 2.24) is 4.57 Å². The maximum Gasteiger partial charge on any atom is 0.272 e. The lowest BCUT2D eigenvalue weighted by Crippen LogP contribution is -2.19. The number of anilines is 1. The molecule has 1 heterocycles. The van der Waals surface area contributed by atoms with E-state index in [0.29, 0.717) is 5.69 Å². The Kier molecular flexibility index (Phi) is 4.47. The molecule has 0 aliphatic heterocycles. The molecule has 20 heavy (non-hydrogen) atoms. The van der Waals surface area contributed by atoms with Gasteiger partial charge in [-0.3, -0.25) is 4.79 Å². The van der Waals surface area contributed by atoms with Gasteiger partial charge in [0.1, 0.15) is 5.69 Å². The van der Waals surface area contributed by atoms with Gasteiger partial charge in [0, 0.05) is 18.4 Å². The molecule has 0 unspecified atom stereocenters. The van der Waals surface area contributed by atoms with Crippen molar-refractivity contribution in [3.63, 3.8) is 0 Å². The van der Waals surface area contributed by atoms with Crippen molar-refractivity contribution in [3.8, 4) is 0 Å². The van der Waals surface area contributed by atoms with E-state index >= 15 is 0 Å². The number of hydrogen-bond acceptors (Lipinski definition) is 2. The zero-order valence-corrected chi connectivity index (χ0v) is 10.7. The number of para-hydroxylation sites is 1. The first-order chi connectivity index (χ1) is 9.61. The summed E-state index contributed by atoms with van der Waals surface area (Å²) in [6.07, 6.45) is -1.05. The highest BCUT2D eigenvalue weighted by Crippen LogP contribution is 2.16. The van der Waals surface area contributed by atoms with Crippen molar-refractivity contribution < 1.29 is 13.6 Å². The third kappa shape index (κ3) is 3.21. The Morgan fingerprint density at radius 1 is 1.25 bits per heavy atom. The molecule has 0 fully saturated rings. The molecule has 0 aliphatic carbocycles. The molecule has 3 N–H and O–H groups in total. The van der Waals surface area contributed by atoms with Gasteiger partial charge in [0.25, 0.3) is 12.3 Å². The van der Waals surface area contributed by atoms with E-state index in [1.54, 1.807) is 24.3 Å². The van der Waals surface area contributed by atoms with Gasteiger partial charge in [-0.05, 0) is 23.8 Å². The van der Waals surface area contributed by atoms with Gasteiger partial charge in [-0.25, -0.2) is 8.78 Å². The number of hydrogen-bond donors (Lipinski definition) is 2. The second kappa shape index (κ2) is 6.29. The quantitative estimate of drug-likeness (QED) is 0.883. The number of aromatic nitrogens is 1. The Morgan fingerprint density at radius 3 is 2.70 bits per heavy atom. The number of carbonyl (C=O) groups is 1. The molecule has 106 valence electrons. The highest BCUT2D eigenvalue weighted by molar-refractivity contribution is 6.03. The van der Waals surface area contributed by atoms with Crippen molar-refractivity contribution in [2.75, 3.05) is 5.32 Å². The van der Waals surface area contributed by atoms with E-state index in [9.17, 15) is 13.6 Å². The summed E-state index contributed by atoms with van der Waals surface area (Å²) in [6.45, 7) is -0.219. The summed E-state index contributed by atoms with van der Waals surface area (Å²) in [5, 5.41) is 2.69. The number of alkyl halides is 2. The predicted molar refractivity (Wildman–Crippen MR) is 72.7 cm³/mol. The third-order valence-electron chi connectivity index (χ3n) is 2.88. The molecular formula is C14H15F2N3O. The Hall–Kier alpha value is -2.21. The van der Waals surface area contributed by atoms with Gasteiger partial charge in [-0.1, -0.05) is 18.2 Å². The summed E-state index contributed by atoms with van der Waals surface area (Å²) < 4.78 is 26.1. The zero-order chi connectivity index (χ0) is 14.5. The minimum atomic E-state index is -2.51. The Morgan fingerprint density at radius 2 is 2.00 bits per heavy atom. The molecule has 1 aromatic heterocycles. The molecule has 0 atom stereocenters. The highest BCUT2D eigenvalue weighted by Gasteiger charge is 2.14. The van der Waals surface area contributed by atoms with Gasteiger partial charge in [-0.15, -0.1) is 0 Å². The SMILES string of the molecule is NCc1ccccc1NC(=O)c1cccn1CC(F)F. The summed E-state index contributed by atoms with van der Waals surface area (Å²) in [5.41, 5.74) is 7.15. The zero-order valence-electron chi connectivity index (χ0n) is 10.7. The number of benzene rings is 1. The first-order valence-electron chi connectivity index (χ1n) is 6.14. The van der Waals surface area contributed by atoms with Gasteiger partial charge >= 0.3 is 0 Å². The second-order valence-corrected chi connectivity index (χ2v) is 4.25. The first-order valence-corrected chi connectivity index (χ1v) is 6.14. The number of rotatable bonds is 5. The van der Waals surface area contributed by atoms with Crippen LogP contribution >= 0.6 is 0 Å². The van der Waals surface area contributed by atoms with Crippen molar-refractivity contribution in [1.29, 1.82) is 0 Å². The molecule has 1 aromatic carbocycles. The third-order valence-corrected chi connectivity index (χ3v) is 2.88. The average molecular weight is 279 g/mol. The number of carbonyl (C=O) groups excluding carboxylic acids is 1. The van der Waals surface area contributed by atoms with Crippen molar-refractivity contribution in [3.05, 3.63) is 53.9 Å². The average Bonchev–Trinajstić information content (AvgIpc) is 2.86. The van der Waals surface area contributed by atoms with E-state index in [2.05, 4.69) is 5.32 Å². The van der Waals surface area contributed by atoms with Gasteiger partial charge in [0.15, 0.2) is 0 Å². The predicted octanol–water partition coefficient (Wildman–Crippen LogP) is 2.46. The second-order valence-electron chi connectivity index (χ2n) is 4.25. The number of nitrogens with two attached hydrogens (primary N) is 1. The van der Waals surface area contributed by atoms with E-state index in [1.165, 1.54) is 16.8 Å². The van der Waals surface area contributed by atoms with Crippen LogP contribution in [0.3, 0.4) is 0 Å². The van der Waals surface area contributed by atoms with Gasteiger partial charge in [-0.2, -0.15) is 0 Å². The fraction of sp³-hybridized carbons (Fsp3) is 0.214. The summed E-state index contributed by atoms with van der Waals surface area (Å²) in [7, 11) is 0. The number of nitrogens with one attached hydrogen (secondary N) is 1. The summed E-state index contributed by atoms with van der Waals surface area (Å²) in [5.74, 6) is -0.434. The smallest absolute Gasteiger partial charge is 0.272 e. The number of nitrogens with zero attached hydrogens (tertiary/aromatic N) is 1. The van der Waals surface area contributed by atoms with E-state index < -0.39 is 18.9 Å². The maximum absolute atomic E-state index is 12.4. The normalized spacial score (nSPS) is 10.8. The maximum atomic E-state index is 12.4. The molecular weight excluding hydrogens is 264 g/mol. The van der Waals surface area contributed by atoms with Gasteiger partial charge in [0.05, 0.1) is 6.54 Å². The van der Waals surface area contributed by atoms with Gasteiger partial charge < -0.3 is 15.6 Å². The van der Waals surface area contributed by atoms with Crippen molar-refractivity contribution in [2.24, 2.45) is 5.73 Å². The van der Waals surface area contributed by atoms with Gasteiger partial charge in [0.2, 0.25) is 0 Å². The molecule has 4 nitrogen and oxygen atoms in total. The molecule has 0 aliphatic rings. The number of halogens is 2. The van der Waals surface area contributed by atoms with Crippen LogP contribution in [0.1, 0.15) is 16.1 Å². The van der Waals surface area contributed by atoms with E-state index in [1.807, 2.05) is 6.07 Å². The molecule has 0 bridgehead atoms. The molecule has 0 saturated carbocycles. The first kappa shape index (κ1) is 14.2. The highest BCUT2D eigenvalue weighted by atomic mass is 19.3. The van der Waals surface area contributed by atoms with Crippen LogP contribution in [0.4, 0.5) is 14.5 Å². The topological polar surface area (TPSA) is 60.0 Å². The molecule has 6 heteroatoms. The molecule has 2 rings (SSSR count). The van der Waals surface area contributed by atoms with Crippen LogP contribution in [0, 0.1) is 0 Å². The number of amides is 1. The van der Waals surface area contributed by atoms with Crippen LogP contribution in [0.15, 0.2) is 42.6 Å². The lowest BCUT2D eigenvalue weighted by molar-refractivity contribution is 0.0997. The lowest BCUT2D eigenvalue weighted by Gasteiger charge is -2.11. The largest absolute Gasteiger partial charge is 0.338 e. The Labute approximate surface area is 115 Å². The minimum absolute atomic E-state index is 0.192. The minimum Gasteiger partial charge on any atom is -0.338 e. The fourth-order valence-corrected chi connectivity index (χ4v) is 1.93. The summed E-state index contributed by atoms with van der Waals surface area (Å²) >= 11 is 0. The van der Waals surface area contributed by atoms with Crippen LogP contribution in [-0.4, -0.2) is 16.9 Å². The monoisotopic (exact) mass is 279 g/mol.